The molecule has 2 atom stereocenters. The molecule has 0 unspecified atom stereocenters. The van der Waals surface area contributed by atoms with Crippen molar-refractivity contribution in [1.82, 2.24) is 4.90 Å². The van der Waals surface area contributed by atoms with Gasteiger partial charge in [0.2, 0.25) is 5.91 Å². The number of rotatable bonds is 3. The Kier molecular flexibility index (Phi) is 4.83. The number of carboxylic acids is 1. The summed E-state index contributed by atoms with van der Waals surface area (Å²) < 4.78 is 0. The molecule has 4 heteroatoms. The molecule has 0 bridgehead atoms. The predicted octanol–water partition coefficient (Wildman–Crippen LogP) is 2.53. The van der Waals surface area contributed by atoms with Crippen molar-refractivity contribution in [1.29, 1.82) is 0 Å². The fourth-order valence-electron chi connectivity index (χ4n) is 3.44. The van der Waals surface area contributed by atoms with E-state index in [1.54, 1.807) is 4.90 Å². The van der Waals surface area contributed by atoms with Crippen LogP contribution in [0.5, 0.6) is 0 Å². The van der Waals surface area contributed by atoms with Crippen LogP contribution in [0, 0.1) is 17.8 Å². The second-order valence-corrected chi connectivity index (χ2v) is 6.28. The summed E-state index contributed by atoms with van der Waals surface area (Å²) in [5.41, 5.74) is 0. The van der Waals surface area contributed by atoms with Crippen LogP contribution in [0.25, 0.3) is 0 Å². The highest BCUT2D eigenvalue weighted by atomic mass is 16.4. The van der Waals surface area contributed by atoms with Gasteiger partial charge in [0.25, 0.3) is 0 Å². The summed E-state index contributed by atoms with van der Waals surface area (Å²) in [5, 5.41) is 9.10. The highest BCUT2D eigenvalue weighted by Gasteiger charge is 2.37. The van der Waals surface area contributed by atoms with Gasteiger partial charge in [-0.25, -0.2) is 0 Å². The number of carboxylic acid groups (broad SMARTS) is 1. The number of likely N-dealkylation sites (tertiary alicyclic amines) is 1. The third-order valence-electron chi connectivity index (χ3n) is 4.72. The van der Waals surface area contributed by atoms with Crippen LogP contribution in [0.3, 0.4) is 0 Å². The SMILES string of the molecule is C[C@@H]1CN(C(=O)CC2CCCCCC2)C[C@H]1C(=O)O. The molecule has 0 spiro atoms. The van der Waals surface area contributed by atoms with Crippen molar-refractivity contribution in [3.63, 3.8) is 0 Å². The largest absolute Gasteiger partial charge is 0.481 e. The number of amides is 1. The molecule has 2 rings (SSSR count). The minimum Gasteiger partial charge on any atom is -0.481 e. The number of hydrogen-bond donors (Lipinski definition) is 1. The van der Waals surface area contributed by atoms with Crippen molar-refractivity contribution in [3.05, 3.63) is 0 Å². The van der Waals surface area contributed by atoms with Gasteiger partial charge in [0.1, 0.15) is 0 Å². The molecule has 19 heavy (non-hydrogen) atoms. The standard InChI is InChI=1S/C15H25NO3/c1-11-9-16(10-13(11)15(18)19)14(17)8-12-6-4-2-3-5-7-12/h11-13H,2-10H2,1H3,(H,18,19)/t11-,13-/m1/s1. The van der Waals surface area contributed by atoms with Gasteiger partial charge in [-0.1, -0.05) is 32.6 Å². The van der Waals surface area contributed by atoms with Gasteiger partial charge < -0.3 is 10.0 Å². The molecule has 1 heterocycles. The molecule has 0 aromatic heterocycles. The van der Waals surface area contributed by atoms with E-state index in [0.29, 0.717) is 25.4 Å². The van der Waals surface area contributed by atoms with Gasteiger partial charge in [-0.3, -0.25) is 9.59 Å². The van der Waals surface area contributed by atoms with Crippen molar-refractivity contribution < 1.29 is 14.7 Å². The van der Waals surface area contributed by atoms with Crippen LogP contribution in [-0.2, 0) is 9.59 Å². The Morgan fingerprint density at radius 1 is 1.11 bits per heavy atom. The zero-order chi connectivity index (χ0) is 13.8. The Labute approximate surface area is 115 Å². The summed E-state index contributed by atoms with van der Waals surface area (Å²) >= 11 is 0. The summed E-state index contributed by atoms with van der Waals surface area (Å²) in [6.45, 7) is 2.95. The summed E-state index contributed by atoms with van der Waals surface area (Å²) in [6.07, 6.45) is 8.03. The second kappa shape index (κ2) is 6.40. The molecule has 2 aliphatic rings. The Morgan fingerprint density at radius 3 is 2.26 bits per heavy atom. The molecular weight excluding hydrogens is 242 g/mol. The molecule has 1 amide bonds. The lowest BCUT2D eigenvalue weighted by Crippen LogP contribution is -2.31. The molecular formula is C15H25NO3. The summed E-state index contributed by atoms with van der Waals surface area (Å²) in [6, 6.07) is 0. The van der Waals surface area contributed by atoms with Gasteiger partial charge in [0, 0.05) is 19.5 Å². The maximum absolute atomic E-state index is 12.3. The third-order valence-corrected chi connectivity index (χ3v) is 4.72. The van der Waals surface area contributed by atoms with Crippen molar-refractivity contribution >= 4 is 11.9 Å². The molecule has 0 aromatic carbocycles. The van der Waals surface area contributed by atoms with Gasteiger partial charge in [-0.05, 0) is 24.7 Å². The van der Waals surface area contributed by atoms with Gasteiger partial charge in [0.05, 0.1) is 5.92 Å². The van der Waals surface area contributed by atoms with E-state index in [0.717, 1.165) is 12.8 Å². The molecule has 1 aliphatic carbocycles. The highest BCUT2D eigenvalue weighted by Crippen LogP contribution is 2.28. The van der Waals surface area contributed by atoms with Crippen molar-refractivity contribution in [3.8, 4) is 0 Å². The molecule has 1 N–H and O–H groups in total. The normalized spacial score (nSPS) is 29.2. The molecule has 108 valence electrons. The van der Waals surface area contributed by atoms with E-state index in [-0.39, 0.29) is 17.7 Å². The number of carbonyl (C=O) groups is 2. The zero-order valence-corrected chi connectivity index (χ0v) is 11.8. The van der Waals surface area contributed by atoms with E-state index in [1.165, 1.54) is 25.7 Å². The minimum atomic E-state index is -0.766. The lowest BCUT2D eigenvalue weighted by Gasteiger charge is -2.20. The van der Waals surface area contributed by atoms with Gasteiger partial charge in [-0.15, -0.1) is 0 Å². The van der Waals surface area contributed by atoms with Gasteiger partial charge in [0.15, 0.2) is 0 Å². The van der Waals surface area contributed by atoms with Crippen LogP contribution >= 0.6 is 0 Å². The van der Waals surface area contributed by atoms with Crippen LogP contribution < -0.4 is 0 Å². The fraction of sp³-hybridized carbons (Fsp3) is 0.867. The number of hydrogen-bond acceptors (Lipinski definition) is 2. The summed E-state index contributed by atoms with van der Waals surface area (Å²) in [5.74, 6) is -0.373. The zero-order valence-electron chi connectivity index (χ0n) is 11.8. The van der Waals surface area contributed by atoms with Crippen molar-refractivity contribution in [2.45, 2.75) is 51.9 Å². The predicted molar refractivity (Wildman–Crippen MR) is 72.7 cm³/mol. The van der Waals surface area contributed by atoms with Crippen LogP contribution in [0.15, 0.2) is 0 Å². The lowest BCUT2D eigenvalue weighted by atomic mass is 9.96. The first-order valence-corrected chi connectivity index (χ1v) is 7.58. The van der Waals surface area contributed by atoms with E-state index >= 15 is 0 Å². The van der Waals surface area contributed by atoms with Crippen LogP contribution in [-0.4, -0.2) is 35.0 Å². The molecule has 1 saturated carbocycles. The Bertz CT molecular complexity index is 334. The van der Waals surface area contributed by atoms with Crippen LogP contribution in [0.4, 0.5) is 0 Å². The molecule has 1 saturated heterocycles. The van der Waals surface area contributed by atoms with Gasteiger partial charge >= 0.3 is 5.97 Å². The fourth-order valence-corrected chi connectivity index (χ4v) is 3.44. The van der Waals surface area contributed by atoms with E-state index < -0.39 is 5.97 Å². The number of carbonyl (C=O) groups excluding carboxylic acids is 1. The first kappa shape index (κ1) is 14.4. The van der Waals surface area contributed by atoms with E-state index in [9.17, 15) is 9.59 Å². The summed E-state index contributed by atoms with van der Waals surface area (Å²) in [7, 11) is 0. The van der Waals surface area contributed by atoms with E-state index in [1.807, 2.05) is 6.92 Å². The van der Waals surface area contributed by atoms with E-state index in [2.05, 4.69) is 0 Å². The van der Waals surface area contributed by atoms with Crippen molar-refractivity contribution in [2.24, 2.45) is 17.8 Å². The summed E-state index contributed by atoms with van der Waals surface area (Å²) in [4.78, 5) is 25.1. The minimum absolute atomic E-state index is 0.0792. The monoisotopic (exact) mass is 267 g/mol. The van der Waals surface area contributed by atoms with Crippen LogP contribution in [0.1, 0.15) is 51.9 Å². The van der Waals surface area contributed by atoms with Crippen LogP contribution in [0.2, 0.25) is 0 Å². The molecule has 1 aliphatic heterocycles. The first-order valence-electron chi connectivity index (χ1n) is 7.58. The Hall–Kier alpha value is -1.06. The topological polar surface area (TPSA) is 57.6 Å². The lowest BCUT2D eigenvalue weighted by molar-refractivity contribution is -0.142. The average molecular weight is 267 g/mol. The van der Waals surface area contributed by atoms with E-state index in [4.69, 9.17) is 5.11 Å². The smallest absolute Gasteiger partial charge is 0.308 e. The maximum atomic E-state index is 12.3. The third kappa shape index (κ3) is 3.71. The van der Waals surface area contributed by atoms with Gasteiger partial charge in [-0.2, -0.15) is 0 Å². The van der Waals surface area contributed by atoms with Crippen molar-refractivity contribution in [2.75, 3.05) is 13.1 Å². The Morgan fingerprint density at radius 2 is 1.74 bits per heavy atom. The molecule has 0 radical (unpaired) electrons. The highest BCUT2D eigenvalue weighted by molar-refractivity contribution is 5.79. The second-order valence-electron chi connectivity index (χ2n) is 6.28. The Balaban J connectivity index is 1.85. The maximum Gasteiger partial charge on any atom is 0.308 e. The molecule has 4 nitrogen and oxygen atoms in total. The molecule has 0 aromatic rings. The first-order chi connectivity index (χ1) is 9.08. The number of aliphatic carboxylic acids is 1. The quantitative estimate of drug-likeness (QED) is 0.799. The molecule has 2 fully saturated rings. The number of nitrogens with zero attached hydrogens (tertiary/aromatic N) is 1. The average Bonchev–Trinajstić information content (AvgIpc) is 2.58.